The molecular weight excluding hydrogens is 230 g/mol. The van der Waals surface area contributed by atoms with Gasteiger partial charge in [-0.2, -0.15) is 0 Å². The summed E-state index contributed by atoms with van der Waals surface area (Å²) < 4.78 is 0. The molecule has 1 rings (SSSR count). The van der Waals surface area contributed by atoms with Crippen molar-refractivity contribution in [1.29, 1.82) is 0 Å². The van der Waals surface area contributed by atoms with E-state index in [1.54, 1.807) is 0 Å². The summed E-state index contributed by atoms with van der Waals surface area (Å²) in [6, 6.07) is 0. The third-order valence-corrected chi connectivity index (χ3v) is 3.47. The molecule has 1 aliphatic carbocycles. The van der Waals surface area contributed by atoms with Crippen LogP contribution in [-0.2, 0) is 4.79 Å². The smallest absolute Gasteiger partial charge is 0.150 e. The Labute approximate surface area is 88.8 Å². The minimum atomic E-state index is 0.111. The quantitative estimate of drug-likeness (QED) is 0.550. The van der Waals surface area contributed by atoms with Crippen LogP contribution >= 0.6 is 15.9 Å². The summed E-state index contributed by atoms with van der Waals surface area (Å²) >= 11 is 3.47. The van der Waals surface area contributed by atoms with Crippen molar-refractivity contribution in [2.24, 2.45) is 5.92 Å². The van der Waals surface area contributed by atoms with Gasteiger partial charge in [0.15, 0.2) is 5.78 Å². The Morgan fingerprint density at radius 3 is 2.62 bits per heavy atom. The molecule has 0 unspecified atom stereocenters. The van der Waals surface area contributed by atoms with Gasteiger partial charge in [0, 0.05) is 12.5 Å². The van der Waals surface area contributed by atoms with Crippen LogP contribution in [0.15, 0.2) is 0 Å². The molecule has 0 N–H and O–H groups in total. The fourth-order valence-electron chi connectivity index (χ4n) is 1.88. The van der Waals surface area contributed by atoms with E-state index in [0.29, 0.717) is 5.78 Å². The summed E-state index contributed by atoms with van der Waals surface area (Å²) in [6.07, 6.45) is 4.47. The molecule has 1 aliphatic rings. The first-order valence-corrected chi connectivity index (χ1v) is 5.85. The standard InChI is InChI=1S/C10H18BrNO/c1-12(2)7-8-5-3-4-6-9(11)10(8)13/h8-9H,3-7H2,1-2H3/t8-,9-/m0/s1. The van der Waals surface area contributed by atoms with Crippen LogP contribution in [0.5, 0.6) is 0 Å². The maximum absolute atomic E-state index is 11.8. The lowest BCUT2D eigenvalue weighted by molar-refractivity contribution is -0.122. The van der Waals surface area contributed by atoms with Crippen molar-refractivity contribution >= 4 is 21.7 Å². The molecule has 2 atom stereocenters. The molecule has 0 aromatic heterocycles. The van der Waals surface area contributed by atoms with Gasteiger partial charge in [-0.1, -0.05) is 28.8 Å². The second-order valence-electron chi connectivity index (χ2n) is 4.11. The highest BCUT2D eigenvalue weighted by Crippen LogP contribution is 2.25. The van der Waals surface area contributed by atoms with Gasteiger partial charge in [-0.3, -0.25) is 4.79 Å². The third-order valence-electron chi connectivity index (χ3n) is 2.56. The van der Waals surface area contributed by atoms with Crippen LogP contribution in [0.25, 0.3) is 0 Å². The molecule has 0 amide bonds. The van der Waals surface area contributed by atoms with Gasteiger partial charge in [-0.25, -0.2) is 0 Å². The molecule has 0 aliphatic heterocycles. The van der Waals surface area contributed by atoms with Gasteiger partial charge in [0.1, 0.15) is 0 Å². The van der Waals surface area contributed by atoms with Crippen molar-refractivity contribution in [3.63, 3.8) is 0 Å². The predicted octanol–water partition coefficient (Wildman–Crippen LogP) is 2.07. The summed E-state index contributed by atoms with van der Waals surface area (Å²) in [5.41, 5.74) is 0. The Morgan fingerprint density at radius 2 is 2.00 bits per heavy atom. The molecule has 0 heterocycles. The zero-order chi connectivity index (χ0) is 9.84. The molecule has 0 aromatic rings. The van der Waals surface area contributed by atoms with Gasteiger partial charge >= 0.3 is 0 Å². The number of rotatable bonds is 2. The first-order valence-electron chi connectivity index (χ1n) is 4.94. The number of carbonyl (C=O) groups is 1. The second kappa shape index (κ2) is 5.11. The fourth-order valence-corrected chi connectivity index (χ4v) is 2.57. The monoisotopic (exact) mass is 247 g/mol. The van der Waals surface area contributed by atoms with Crippen molar-refractivity contribution in [1.82, 2.24) is 4.90 Å². The Bertz CT molecular complexity index is 182. The maximum atomic E-state index is 11.8. The van der Waals surface area contributed by atoms with Gasteiger partial charge < -0.3 is 4.90 Å². The van der Waals surface area contributed by atoms with E-state index in [0.717, 1.165) is 19.4 Å². The fraction of sp³-hybridized carbons (Fsp3) is 0.900. The molecule has 0 aromatic carbocycles. The Balaban J connectivity index is 2.54. The minimum Gasteiger partial charge on any atom is -0.309 e. The molecule has 2 nitrogen and oxygen atoms in total. The van der Waals surface area contributed by atoms with Crippen LogP contribution in [0.3, 0.4) is 0 Å². The molecule has 3 heteroatoms. The summed E-state index contributed by atoms with van der Waals surface area (Å²) in [5, 5.41) is 0. The largest absolute Gasteiger partial charge is 0.309 e. The van der Waals surface area contributed by atoms with E-state index < -0.39 is 0 Å². The maximum Gasteiger partial charge on any atom is 0.150 e. The van der Waals surface area contributed by atoms with Crippen molar-refractivity contribution in [2.75, 3.05) is 20.6 Å². The van der Waals surface area contributed by atoms with Crippen LogP contribution in [0.2, 0.25) is 0 Å². The average Bonchev–Trinajstić information content (AvgIpc) is 2.19. The Kier molecular flexibility index (Phi) is 4.39. The van der Waals surface area contributed by atoms with Gasteiger partial charge in [-0.05, 0) is 26.9 Å². The number of carbonyl (C=O) groups excluding carboxylic acids is 1. The first-order chi connectivity index (χ1) is 6.11. The Morgan fingerprint density at radius 1 is 1.38 bits per heavy atom. The number of halogens is 1. The van der Waals surface area contributed by atoms with Crippen molar-refractivity contribution < 1.29 is 4.79 Å². The van der Waals surface area contributed by atoms with Crippen LogP contribution in [0.4, 0.5) is 0 Å². The van der Waals surface area contributed by atoms with E-state index in [1.807, 2.05) is 14.1 Å². The van der Waals surface area contributed by atoms with E-state index in [2.05, 4.69) is 20.8 Å². The minimum absolute atomic E-state index is 0.111. The molecule has 13 heavy (non-hydrogen) atoms. The van der Waals surface area contributed by atoms with Gasteiger partial charge in [0.2, 0.25) is 0 Å². The first kappa shape index (κ1) is 11.2. The topological polar surface area (TPSA) is 20.3 Å². The number of hydrogen-bond acceptors (Lipinski definition) is 2. The molecule has 0 saturated heterocycles. The molecular formula is C10H18BrNO. The third kappa shape index (κ3) is 3.39. The summed E-state index contributed by atoms with van der Waals surface area (Å²) in [7, 11) is 4.06. The molecule has 76 valence electrons. The second-order valence-corrected chi connectivity index (χ2v) is 5.22. The average molecular weight is 248 g/mol. The molecule has 0 radical (unpaired) electrons. The van der Waals surface area contributed by atoms with Gasteiger partial charge in [0.05, 0.1) is 4.83 Å². The summed E-state index contributed by atoms with van der Waals surface area (Å²) in [6.45, 7) is 0.904. The van der Waals surface area contributed by atoms with Crippen LogP contribution in [0.1, 0.15) is 25.7 Å². The van der Waals surface area contributed by atoms with E-state index in [-0.39, 0.29) is 10.7 Å². The lowest BCUT2D eigenvalue weighted by Crippen LogP contribution is -2.31. The molecule has 0 spiro atoms. The number of ketones is 1. The highest BCUT2D eigenvalue weighted by Gasteiger charge is 2.27. The SMILES string of the molecule is CN(C)C[C@@H]1CCCC[C@H](Br)C1=O. The number of alkyl halides is 1. The van der Waals surface area contributed by atoms with E-state index in [1.165, 1.54) is 12.8 Å². The summed E-state index contributed by atoms with van der Waals surface area (Å²) in [4.78, 5) is 14.0. The van der Waals surface area contributed by atoms with Crippen molar-refractivity contribution in [3.8, 4) is 0 Å². The van der Waals surface area contributed by atoms with Gasteiger partial charge in [0.25, 0.3) is 0 Å². The molecule has 1 saturated carbocycles. The normalized spacial score (nSPS) is 30.6. The Hall–Kier alpha value is 0.110. The van der Waals surface area contributed by atoms with E-state index in [4.69, 9.17) is 0 Å². The lowest BCUT2D eigenvalue weighted by Gasteiger charge is -2.19. The zero-order valence-corrected chi connectivity index (χ0v) is 10.0. The summed E-state index contributed by atoms with van der Waals surface area (Å²) in [5.74, 6) is 0.660. The number of nitrogens with zero attached hydrogens (tertiary/aromatic N) is 1. The van der Waals surface area contributed by atoms with Crippen molar-refractivity contribution in [3.05, 3.63) is 0 Å². The van der Waals surface area contributed by atoms with E-state index >= 15 is 0 Å². The van der Waals surface area contributed by atoms with Crippen LogP contribution in [0, 0.1) is 5.92 Å². The van der Waals surface area contributed by atoms with E-state index in [9.17, 15) is 4.79 Å². The number of hydrogen-bond donors (Lipinski definition) is 0. The van der Waals surface area contributed by atoms with Crippen LogP contribution < -0.4 is 0 Å². The van der Waals surface area contributed by atoms with Crippen LogP contribution in [-0.4, -0.2) is 36.2 Å². The highest BCUT2D eigenvalue weighted by molar-refractivity contribution is 9.10. The molecule has 1 fully saturated rings. The van der Waals surface area contributed by atoms with Gasteiger partial charge in [-0.15, -0.1) is 0 Å². The molecule has 0 bridgehead atoms. The zero-order valence-electron chi connectivity index (χ0n) is 8.42. The lowest BCUT2D eigenvalue weighted by atomic mass is 9.99. The highest BCUT2D eigenvalue weighted by atomic mass is 79.9. The number of Topliss-reactive ketones (excluding diaryl/α,β-unsaturated/α-hetero) is 1. The predicted molar refractivity (Wildman–Crippen MR) is 58.2 cm³/mol. The van der Waals surface area contributed by atoms with Crippen molar-refractivity contribution in [2.45, 2.75) is 30.5 Å².